The Morgan fingerprint density at radius 2 is 2.11 bits per heavy atom. The van der Waals surface area contributed by atoms with Crippen LogP contribution in [0.4, 0.5) is 0 Å². The second-order valence-corrected chi connectivity index (χ2v) is 7.49. The average Bonchev–Trinajstić information content (AvgIpc) is 3.13. The van der Waals surface area contributed by atoms with E-state index in [0.29, 0.717) is 22.5 Å². The van der Waals surface area contributed by atoms with Gasteiger partial charge >= 0.3 is 0 Å². The van der Waals surface area contributed by atoms with Gasteiger partial charge in [-0.25, -0.2) is 8.42 Å². The molecule has 2 rings (SSSR count). The smallest absolute Gasteiger partial charge is 0.244 e. The monoisotopic (exact) mass is 347 g/mol. The minimum Gasteiger partial charge on any atom is -0.383 e. The van der Waals surface area contributed by atoms with Crippen molar-refractivity contribution < 1.29 is 13.2 Å². The molecular weight excluding hydrogens is 330 g/mol. The van der Waals surface area contributed by atoms with Gasteiger partial charge in [-0.3, -0.25) is 0 Å². The van der Waals surface area contributed by atoms with Crippen LogP contribution in [0.3, 0.4) is 0 Å². The minimum atomic E-state index is -3.45. The zero-order valence-electron chi connectivity index (χ0n) is 11.1. The number of methoxy groups -OCH3 is 1. The molecule has 1 fully saturated rings. The molecule has 0 aromatic heterocycles. The predicted octanol–water partition coefficient (Wildman–Crippen LogP) is 2.56. The Hall–Kier alpha value is -0.430. The van der Waals surface area contributed by atoms with Crippen LogP contribution in [0.2, 0.25) is 0 Å². The highest BCUT2D eigenvalue weighted by Crippen LogP contribution is 2.34. The first-order chi connectivity index (χ1) is 8.96. The number of benzene rings is 1. The van der Waals surface area contributed by atoms with Gasteiger partial charge in [0.25, 0.3) is 0 Å². The summed E-state index contributed by atoms with van der Waals surface area (Å²) in [5.74, 6) is 0. The van der Waals surface area contributed by atoms with E-state index in [4.69, 9.17) is 4.74 Å². The van der Waals surface area contributed by atoms with Gasteiger partial charge in [0.2, 0.25) is 10.0 Å². The third-order valence-electron chi connectivity index (χ3n) is 3.14. The van der Waals surface area contributed by atoms with Crippen LogP contribution in [0.15, 0.2) is 27.6 Å². The molecule has 0 radical (unpaired) electrons. The topological polar surface area (TPSA) is 46.6 Å². The Balaban J connectivity index is 2.33. The molecule has 6 heteroatoms. The normalized spacial score (nSPS) is 16.0. The highest BCUT2D eigenvalue weighted by Gasteiger charge is 2.38. The Bertz CT molecular complexity index is 555. The van der Waals surface area contributed by atoms with E-state index in [0.717, 1.165) is 18.4 Å². The number of sulfonamides is 1. The van der Waals surface area contributed by atoms with Crippen molar-refractivity contribution in [1.82, 2.24) is 4.31 Å². The van der Waals surface area contributed by atoms with E-state index in [1.54, 1.807) is 17.5 Å². The fourth-order valence-corrected chi connectivity index (χ4v) is 4.81. The van der Waals surface area contributed by atoms with Crippen LogP contribution >= 0.6 is 15.9 Å². The summed E-state index contributed by atoms with van der Waals surface area (Å²) in [6.45, 7) is 2.76. The predicted molar refractivity (Wildman–Crippen MR) is 77.7 cm³/mol. The third kappa shape index (κ3) is 3.37. The van der Waals surface area contributed by atoms with Crippen LogP contribution in [-0.2, 0) is 14.8 Å². The van der Waals surface area contributed by atoms with E-state index in [9.17, 15) is 8.42 Å². The van der Waals surface area contributed by atoms with Crippen molar-refractivity contribution in [3.05, 3.63) is 28.2 Å². The van der Waals surface area contributed by atoms with Crippen LogP contribution in [0.5, 0.6) is 0 Å². The zero-order valence-corrected chi connectivity index (χ0v) is 13.5. The Morgan fingerprint density at radius 3 is 2.63 bits per heavy atom. The quantitative estimate of drug-likeness (QED) is 0.794. The lowest BCUT2D eigenvalue weighted by Gasteiger charge is -2.22. The molecule has 1 aromatic carbocycles. The van der Waals surface area contributed by atoms with E-state index in [-0.39, 0.29) is 6.04 Å². The highest BCUT2D eigenvalue weighted by atomic mass is 79.9. The lowest BCUT2D eigenvalue weighted by atomic mass is 10.2. The molecule has 106 valence electrons. The second kappa shape index (κ2) is 5.91. The van der Waals surface area contributed by atoms with Gasteiger partial charge < -0.3 is 4.74 Å². The van der Waals surface area contributed by atoms with E-state index >= 15 is 0 Å². The summed E-state index contributed by atoms with van der Waals surface area (Å²) in [6.07, 6.45) is 1.87. The molecular formula is C13H18BrNO3S. The summed E-state index contributed by atoms with van der Waals surface area (Å²) in [5, 5.41) is 0. The molecule has 0 aliphatic heterocycles. The third-order valence-corrected chi connectivity index (χ3v) is 6.07. The number of hydrogen-bond donors (Lipinski definition) is 0. The molecule has 0 N–H and O–H groups in total. The van der Waals surface area contributed by atoms with Gasteiger partial charge in [0.05, 0.1) is 11.5 Å². The maximum atomic E-state index is 12.7. The van der Waals surface area contributed by atoms with Crippen LogP contribution in [-0.4, -0.2) is 39.0 Å². The molecule has 1 aliphatic rings. The van der Waals surface area contributed by atoms with Gasteiger partial charge in [0, 0.05) is 24.2 Å². The number of rotatable bonds is 6. The average molecular weight is 348 g/mol. The number of ether oxygens (including phenoxy) is 1. The Morgan fingerprint density at radius 1 is 1.42 bits per heavy atom. The summed E-state index contributed by atoms with van der Waals surface area (Å²) in [6, 6.07) is 5.44. The number of hydrogen-bond acceptors (Lipinski definition) is 3. The molecule has 1 aromatic rings. The first-order valence-electron chi connectivity index (χ1n) is 6.23. The van der Waals surface area contributed by atoms with E-state index in [2.05, 4.69) is 15.9 Å². The molecule has 1 aliphatic carbocycles. The maximum absolute atomic E-state index is 12.7. The molecule has 0 bridgehead atoms. The fraction of sp³-hybridized carbons (Fsp3) is 0.538. The van der Waals surface area contributed by atoms with Crippen molar-refractivity contribution in [2.45, 2.75) is 30.7 Å². The van der Waals surface area contributed by atoms with Gasteiger partial charge in [0.1, 0.15) is 0 Å². The zero-order chi connectivity index (χ0) is 14.0. The van der Waals surface area contributed by atoms with Crippen LogP contribution in [0.1, 0.15) is 18.4 Å². The SMILES string of the molecule is COCCN(C1CC1)S(=O)(=O)c1ccc(C)cc1Br. The Labute approximate surface area is 122 Å². The van der Waals surface area contributed by atoms with Gasteiger partial charge in [-0.1, -0.05) is 6.07 Å². The summed E-state index contributed by atoms with van der Waals surface area (Å²) < 4.78 is 32.6. The van der Waals surface area contributed by atoms with E-state index in [1.807, 2.05) is 19.1 Å². The molecule has 0 atom stereocenters. The molecule has 0 saturated heterocycles. The second-order valence-electron chi connectivity index (χ2n) is 4.77. The Kier molecular flexibility index (Phi) is 4.66. The molecule has 0 spiro atoms. The van der Waals surface area contributed by atoms with Gasteiger partial charge in [-0.15, -0.1) is 0 Å². The van der Waals surface area contributed by atoms with Gasteiger partial charge in [-0.2, -0.15) is 4.31 Å². The summed E-state index contributed by atoms with van der Waals surface area (Å²) >= 11 is 3.35. The summed E-state index contributed by atoms with van der Waals surface area (Å²) in [5.41, 5.74) is 1.03. The van der Waals surface area contributed by atoms with Crippen molar-refractivity contribution in [2.75, 3.05) is 20.3 Å². The highest BCUT2D eigenvalue weighted by molar-refractivity contribution is 9.10. The van der Waals surface area contributed by atoms with Gasteiger partial charge in [0.15, 0.2) is 0 Å². The van der Waals surface area contributed by atoms with Crippen LogP contribution in [0.25, 0.3) is 0 Å². The van der Waals surface area contributed by atoms with Crippen molar-refractivity contribution in [3.63, 3.8) is 0 Å². The molecule has 19 heavy (non-hydrogen) atoms. The largest absolute Gasteiger partial charge is 0.383 e. The first-order valence-corrected chi connectivity index (χ1v) is 8.47. The molecule has 0 heterocycles. The van der Waals surface area contributed by atoms with E-state index in [1.165, 1.54) is 0 Å². The lowest BCUT2D eigenvalue weighted by Crippen LogP contribution is -2.36. The van der Waals surface area contributed by atoms with Crippen molar-refractivity contribution in [1.29, 1.82) is 0 Å². The van der Waals surface area contributed by atoms with Gasteiger partial charge in [-0.05, 0) is 53.4 Å². The van der Waals surface area contributed by atoms with E-state index < -0.39 is 10.0 Å². The van der Waals surface area contributed by atoms with Crippen LogP contribution < -0.4 is 0 Å². The van der Waals surface area contributed by atoms with Crippen molar-refractivity contribution in [3.8, 4) is 0 Å². The lowest BCUT2D eigenvalue weighted by molar-refractivity contribution is 0.177. The van der Waals surface area contributed by atoms with Crippen LogP contribution in [0, 0.1) is 6.92 Å². The molecule has 1 saturated carbocycles. The first kappa shape index (κ1) is 15.0. The number of aryl methyl sites for hydroxylation is 1. The summed E-state index contributed by atoms with van der Waals surface area (Å²) in [7, 11) is -1.87. The molecule has 0 amide bonds. The minimum absolute atomic E-state index is 0.133. The summed E-state index contributed by atoms with van der Waals surface area (Å²) in [4.78, 5) is 0.334. The standard InChI is InChI=1S/C13H18BrNO3S/c1-10-3-6-13(12(14)9-10)19(16,17)15(7-8-18-2)11-4-5-11/h3,6,9,11H,4-5,7-8H2,1-2H3. The van der Waals surface area contributed by atoms with Crippen molar-refractivity contribution in [2.24, 2.45) is 0 Å². The van der Waals surface area contributed by atoms with Crippen molar-refractivity contribution >= 4 is 26.0 Å². The number of nitrogens with zero attached hydrogens (tertiary/aromatic N) is 1. The number of halogens is 1. The molecule has 0 unspecified atom stereocenters. The molecule has 4 nitrogen and oxygen atoms in total. The maximum Gasteiger partial charge on any atom is 0.244 e. The fourth-order valence-electron chi connectivity index (χ4n) is 1.98.